The average Bonchev–Trinajstić information content (AvgIpc) is 2.55. The first-order chi connectivity index (χ1) is 10.7. The molecule has 0 unspecified atom stereocenters. The van der Waals surface area contributed by atoms with E-state index in [1.165, 1.54) is 20.4 Å². The monoisotopic (exact) mass is 320 g/mol. The number of aromatic nitrogens is 2. The summed E-state index contributed by atoms with van der Waals surface area (Å²) in [7, 11) is 2.90. The first-order valence-electron chi connectivity index (χ1n) is 6.33. The number of ether oxygens (including phenoxy) is 2. The first kappa shape index (κ1) is 15.9. The van der Waals surface area contributed by atoms with Crippen LogP contribution in [0.2, 0.25) is 0 Å². The van der Waals surface area contributed by atoms with Gasteiger partial charge in [0.1, 0.15) is 5.69 Å². The highest BCUT2D eigenvalue weighted by Gasteiger charge is 2.11. The van der Waals surface area contributed by atoms with Crippen LogP contribution in [0.15, 0.2) is 35.4 Å². The van der Waals surface area contributed by atoms with E-state index in [1.807, 2.05) is 24.5 Å². The van der Waals surface area contributed by atoms with Crippen LogP contribution in [0.1, 0.15) is 0 Å². The number of nitrogens with zero attached hydrogens (tertiary/aromatic N) is 2. The van der Waals surface area contributed by atoms with Crippen molar-refractivity contribution >= 4 is 29.2 Å². The predicted molar refractivity (Wildman–Crippen MR) is 86.0 cm³/mol. The van der Waals surface area contributed by atoms with E-state index in [0.29, 0.717) is 11.4 Å². The van der Waals surface area contributed by atoms with Crippen molar-refractivity contribution in [3.8, 4) is 11.9 Å². The van der Waals surface area contributed by atoms with Crippen LogP contribution in [-0.4, -0.2) is 36.5 Å². The highest BCUT2D eigenvalue weighted by atomic mass is 32.2. The Morgan fingerprint density at radius 1 is 1.23 bits per heavy atom. The summed E-state index contributed by atoms with van der Waals surface area (Å²) in [5.41, 5.74) is 1.04. The first-order valence-corrected chi connectivity index (χ1v) is 7.56. The lowest BCUT2D eigenvalue weighted by molar-refractivity contribution is 0.262. The van der Waals surface area contributed by atoms with E-state index in [4.69, 9.17) is 9.47 Å². The Bertz CT molecular complexity index is 666. The SMILES string of the molecule is COc1ncc(NC(=O)Nc2cccc(SC)c2)c(OC)n1. The molecule has 0 saturated heterocycles. The average molecular weight is 320 g/mol. The molecule has 1 aromatic heterocycles. The quantitative estimate of drug-likeness (QED) is 0.824. The summed E-state index contributed by atoms with van der Waals surface area (Å²) in [5, 5.41) is 5.38. The topological polar surface area (TPSA) is 85.4 Å². The van der Waals surface area contributed by atoms with E-state index in [1.54, 1.807) is 17.8 Å². The summed E-state index contributed by atoms with van der Waals surface area (Å²) < 4.78 is 10.0. The lowest BCUT2D eigenvalue weighted by Gasteiger charge is -2.11. The van der Waals surface area contributed by atoms with Gasteiger partial charge >= 0.3 is 12.0 Å². The van der Waals surface area contributed by atoms with Gasteiger partial charge in [0, 0.05) is 10.6 Å². The molecule has 2 amide bonds. The van der Waals surface area contributed by atoms with Crippen LogP contribution < -0.4 is 20.1 Å². The molecule has 8 heteroatoms. The van der Waals surface area contributed by atoms with Crippen molar-refractivity contribution in [2.45, 2.75) is 4.90 Å². The fourth-order valence-corrected chi connectivity index (χ4v) is 2.14. The molecule has 0 aliphatic carbocycles. The predicted octanol–water partition coefficient (Wildman–Crippen LogP) is 2.86. The number of anilines is 2. The number of hydrogen-bond acceptors (Lipinski definition) is 6. The second kappa shape index (κ2) is 7.51. The van der Waals surface area contributed by atoms with Gasteiger partial charge in [-0.05, 0) is 24.5 Å². The number of hydrogen-bond donors (Lipinski definition) is 2. The maximum atomic E-state index is 12.0. The Hall–Kier alpha value is -2.48. The molecule has 0 bridgehead atoms. The van der Waals surface area contributed by atoms with Gasteiger partial charge in [-0.3, -0.25) is 0 Å². The van der Waals surface area contributed by atoms with Crippen molar-refractivity contribution in [1.82, 2.24) is 9.97 Å². The molecule has 116 valence electrons. The van der Waals surface area contributed by atoms with Gasteiger partial charge in [0.05, 0.1) is 20.4 Å². The molecule has 2 N–H and O–H groups in total. The zero-order valence-electron chi connectivity index (χ0n) is 12.4. The Labute approximate surface area is 132 Å². The number of amides is 2. The molecule has 0 aliphatic rings. The van der Waals surface area contributed by atoms with Gasteiger partial charge in [0.15, 0.2) is 0 Å². The van der Waals surface area contributed by atoms with E-state index < -0.39 is 6.03 Å². The molecule has 2 aromatic rings. The Kier molecular flexibility index (Phi) is 5.42. The van der Waals surface area contributed by atoms with Crippen LogP contribution >= 0.6 is 11.8 Å². The van der Waals surface area contributed by atoms with Gasteiger partial charge in [-0.2, -0.15) is 4.98 Å². The van der Waals surface area contributed by atoms with Gasteiger partial charge in [0.2, 0.25) is 5.88 Å². The number of carbonyl (C=O) groups is 1. The minimum Gasteiger partial charge on any atom is -0.479 e. The molecule has 0 aliphatic heterocycles. The van der Waals surface area contributed by atoms with Crippen LogP contribution in [0.3, 0.4) is 0 Å². The zero-order valence-corrected chi connectivity index (χ0v) is 13.2. The van der Waals surface area contributed by atoms with Gasteiger partial charge in [-0.1, -0.05) is 6.07 Å². The van der Waals surface area contributed by atoms with Crippen LogP contribution in [0, 0.1) is 0 Å². The number of carbonyl (C=O) groups excluding carboxylic acids is 1. The fraction of sp³-hybridized carbons (Fsp3) is 0.214. The van der Waals surface area contributed by atoms with Crippen LogP contribution in [0.5, 0.6) is 11.9 Å². The Balaban J connectivity index is 2.08. The number of rotatable bonds is 5. The second-order valence-electron chi connectivity index (χ2n) is 4.09. The number of thioether (sulfide) groups is 1. The molecule has 2 rings (SSSR count). The van der Waals surface area contributed by atoms with E-state index in [9.17, 15) is 4.79 Å². The van der Waals surface area contributed by atoms with Crippen LogP contribution in [-0.2, 0) is 0 Å². The molecule has 0 spiro atoms. The van der Waals surface area contributed by atoms with Crippen molar-refractivity contribution in [1.29, 1.82) is 0 Å². The summed E-state index contributed by atoms with van der Waals surface area (Å²) in [6.45, 7) is 0. The third-order valence-electron chi connectivity index (χ3n) is 2.68. The van der Waals surface area contributed by atoms with Gasteiger partial charge in [0.25, 0.3) is 0 Å². The van der Waals surface area contributed by atoms with E-state index >= 15 is 0 Å². The molecule has 0 saturated carbocycles. The normalized spacial score (nSPS) is 9.95. The maximum absolute atomic E-state index is 12.0. The third kappa shape index (κ3) is 4.01. The Morgan fingerprint density at radius 2 is 2.05 bits per heavy atom. The number of benzene rings is 1. The van der Waals surface area contributed by atoms with Crippen molar-refractivity contribution in [2.75, 3.05) is 31.1 Å². The number of urea groups is 1. The third-order valence-corrected chi connectivity index (χ3v) is 3.41. The van der Waals surface area contributed by atoms with Gasteiger partial charge < -0.3 is 20.1 Å². The van der Waals surface area contributed by atoms with Crippen LogP contribution in [0.25, 0.3) is 0 Å². The summed E-state index contributed by atoms with van der Waals surface area (Å²) in [6.07, 6.45) is 3.39. The summed E-state index contributed by atoms with van der Waals surface area (Å²) in [5.74, 6) is 0.222. The van der Waals surface area contributed by atoms with Crippen molar-refractivity contribution < 1.29 is 14.3 Å². The highest BCUT2D eigenvalue weighted by Crippen LogP contribution is 2.23. The molecule has 7 nitrogen and oxygen atoms in total. The molecular formula is C14H16N4O3S. The lowest BCUT2D eigenvalue weighted by Crippen LogP contribution is -2.20. The van der Waals surface area contributed by atoms with Crippen LogP contribution in [0.4, 0.5) is 16.2 Å². The largest absolute Gasteiger partial charge is 0.479 e. The number of nitrogens with one attached hydrogen (secondary N) is 2. The van der Waals surface area contributed by atoms with Crippen molar-refractivity contribution in [2.24, 2.45) is 0 Å². The molecule has 0 radical (unpaired) electrons. The van der Waals surface area contributed by atoms with Gasteiger partial charge in [-0.15, -0.1) is 11.8 Å². The molecule has 0 atom stereocenters. The highest BCUT2D eigenvalue weighted by molar-refractivity contribution is 7.98. The molecule has 0 fully saturated rings. The Morgan fingerprint density at radius 3 is 2.73 bits per heavy atom. The summed E-state index contributed by atoms with van der Waals surface area (Å²) >= 11 is 1.60. The lowest BCUT2D eigenvalue weighted by atomic mass is 10.3. The molecule has 22 heavy (non-hydrogen) atoms. The fourth-order valence-electron chi connectivity index (χ4n) is 1.68. The van der Waals surface area contributed by atoms with E-state index in [2.05, 4.69) is 20.6 Å². The standard InChI is InChI=1S/C14H16N4O3S/c1-20-12-11(8-15-14(18-12)21-2)17-13(19)16-9-5-4-6-10(7-9)22-3/h4-8H,1-3H3,(H2,16,17,19). The molecule has 1 aromatic carbocycles. The van der Waals surface area contributed by atoms with E-state index in [-0.39, 0.29) is 11.9 Å². The summed E-state index contributed by atoms with van der Waals surface area (Å²) in [6, 6.07) is 7.28. The summed E-state index contributed by atoms with van der Waals surface area (Å²) in [4.78, 5) is 21.0. The smallest absolute Gasteiger partial charge is 0.323 e. The van der Waals surface area contributed by atoms with Gasteiger partial charge in [-0.25, -0.2) is 9.78 Å². The van der Waals surface area contributed by atoms with Crippen molar-refractivity contribution in [3.05, 3.63) is 30.5 Å². The van der Waals surface area contributed by atoms with Crippen molar-refractivity contribution in [3.63, 3.8) is 0 Å². The minimum atomic E-state index is -0.412. The zero-order chi connectivity index (χ0) is 15.9. The maximum Gasteiger partial charge on any atom is 0.323 e. The molecular weight excluding hydrogens is 304 g/mol. The van der Waals surface area contributed by atoms with E-state index in [0.717, 1.165) is 4.90 Å². The molecule has 1 heterocycles. The number of methoxy groups -OCH3 is 2. The second-order valence-corrected chi connectivity index (χ2v) is 4.97. The minimum absolute atomic E-state index is 0.162.